The quantitative estimate of drug-likeness (QED) is 0.332. The smallest absolute Gasteiger partial charge is 0.303 e. The number of nitrogens with zero attached hydrogens (tertiary/aromatic N) is 2. The first kappa shape index (κ1) is 27.2. The van der Waals surface area contributed by atoms with Crippen LogP contribution in [-0.4, -0.2) is 42.1 Å². The van der Waals surface area contributed by atoms with Crippen molar-refractivity contribution in [3.05, 3.63) is 88.9 Å². The lowest BCUT2D eigenvalue weighted by atomic mass is 9.84. The molecule has 2 atom stereocenters. The molecule has 38 heavy (non-hydrogen) atoms. The number of fused-ring (bicyclic) bond motifs is 1. The standard InChI is InChI=1S/C30H31ClN2O5/c1-3-32(23-14-12-22(31)13-15-23)30(37)26-19-20(2)33(27-8-5-4-7-25(26)27)29(36)21-10-16-24(17-11-21)38-18-6-9-28(34)35/h4-5,7-8,10-17,20,26H,3,6,9,18-19H2,1-2H3,(H,34,35). The molecule has 0 bridgehead atoms. The van der Waals surface area contributed by atoms with Crippen molar-refractivity contribution in [3.63, 3.8) is 0 Å². The summed E-state index contributed by atoms with van der Waals surface area (Å²) in [6.45, 7) is 4.71. The second kappa shape index (κ2) is 12.1. The summed E-state index contributed by atoms with van der Waals surface area (Å²) in [7, 11) is 0. The Labute approximate surface area is 227 Å². The van der Waals surface area contributed by atoms with Gasteiger partial charge in [-0.05, 0) is 86.8 Å². The molecule has 1 N–H and O–H groups in total. The number of aliphatic carboxylic acids is 1. The summed E-state index contributed by atoms with van der Waals surface area (Å²) in [5, 5.41) is 9.36. The Balaban J connectivity index is 1.55. The summed E-state index contributed by atoms with van der Waals surface area (Å²) in [5.41, 5.74) is 2.85. The van der Waals surface area contributed by atoms with Crippen LogP contribution < -0.4 is 14.5 Å². The lowest BCUT2D eigenvalue weighted by Gasteiger charge is -2.40. The molecule has 1 aliphatic heterocycles. The van der Waals surface area contributed by atoms with Gasteiger partial charge in [0, 0.05) is 41.0 Å². The van der Waals surface area contributed by atoms with Gasteiger partial charge in [0.15, 0.2) is 0 Å². The molecule has 3 aromatic carbocycles. The van der Waals surface area contributed by atoms with E-state index in [-0.39, 0.29) is 36.8 Å². The fourth-order valence-electron chi connectivity index (χ4n) is 4.88. The number of carboxylic acids is 1. The molecule has 0 saturated carbocycles. The molecule has 8 heteroatoms. The van der Waals surface area contributed by atoms with E-state index in [9.17, 15) is 14.4 Å². The minimum absolute atomic E-state index is 0.00868. The molecule has 2 amide bonds. The molecule has 1 heterocycles. The Hall–Kier alpha value is -3.84. The first-order chi connectivity index (χ1) is 18.3. The van der Waals surface area contributed by atoms with Gasteiger partial charge < -0.3 is 19.6 Å². The van der Waals surface area contributed by atoms with Gasteiger partial charge >= 0.3 is 5.97 Å². The predicted octanol–water partition coefficient (Wildman–Crippen LogP) is 6.16. The number of carbonyl (C=O) groups is 3. The monoisotopic (exact) mass is 534 g/mol. The van der Waals surface area contributed by atoms with E-state index in [1.54, 1.807) is 46.2 Å². The second-order valence-corrected chi connectivity index (χ2v) is 9.74. The number of benzene rings is 3. The normalized spacial score (nSPS) is 16.4. The lowest BCUT2D eigenvalue weighted by Crippen LogP contribution is -2.46. The minimum Gasteiger partial charge on any atom is -0.494 e. The third-order valence-electron chi connectivity index (χ3n) is 6.73. The van der Waals surface area contributed by atoms with Gasteiger partial charge in [0.05, 0.1) is 12.5 Å². The number of carboxylic acid groups (broad SMARTS) is 1. The average molecular weight is 535 g/mol. The van der Waals surface area contributed by atoms with Crippen LogP contribution in [0.15, 0.2) is 72.8 Å². The van der Waals surface area contributed by atoms with Gasteiger partial charge in [0.25, 0.3) is 5.91 Å². The number of halogens is 1. The van der Waals surface area contributed by atoms with Crippen molar-refractivity contribution in [1.82, 2.24) is 0 Å². The maximum atomic E-state index is 13.8. The van der Waals surface area contributed by atoms with Crippen molar-refractivity contribution in [2.24, 2.45) is 0 Å². The Morgan fingerprint density at radius 3 is 2.37 bits per heavy atom. The van der Waals surface area contributed by atoms with E-state index in [0.717, 1.165) is 16.9 Å². The van der Waals surface area contributed by atoms with Crippen LogP contribution in [0.25, 0.3) is 0 Å². The number of anilines is 2. The number of hydrogen-bond acceptors (Lipinski definition) is 4. The van der Waals surface area contributed by atoms with Crippen LogP contribution in [0.3, 0.4) is 0 Å². The number of carbonyl (C=O) groups excluding carboxylic acids is 2. The van der Waals surface area contributed by atoms with E-state index in [1.165, 1.54) is 0 Å². The summed E-state index contributed by atoms with van der Waals surface area (Å²) in [5.74, 6) is -0.834. The van der Waals surface area contributed by atoms with Crippen LogP contribution in [-0.2, 0) is 9.59 Å². The highest BCUT2D eigenvalue weighted by Gasteiger charge is 2.38. The molecule has 0 radical (unpaired) electrons. The maximum absolute atomic E-state index is 13.8. The molecule has 1 aliphatic rings. The average Bonchev–Trinajstić information content (AvgIpc) is 2.92. The Bertz CT molecular complexity index is 1290. The molecular formula is C30H31ClN2O5. The zero-order valence-electron chi connectivity index (χ0n) is 21.5. The highest BCUT2D eigenvalue weighted by molar-refractivity contribution is 6.30. The summed E-state index contributed by atoms with van der Waals surface area (Å²) >= 11 is 6.05. The summed E-state index contributed by atoms with van der Waals surface area (Å²) in [4.78, 5) is 41.6. The molecule has 0 spiro atoms. The molecule has 2 unspecified atom stereocenters. The number of rotatable bonds is 9. The van der Waals surface area contributed by atoms with Crippen molar-refractivity contribution in [2.45, 2.75) is 45.1 Å². The van der Waals surface area contributed by atoms with E-state index in [0.29, 0.717) is 35.7 Å². The number of ether oxygens (including phenoxy) is 1. The first-order valence-corrected chi connectivity index (χ1v) is 13.1. The molecular weight excluding hydrogens is 504 g/mol. The minimum atomic E-state index is -0.859. The van der Waals surface area contributed by atoms with Gasteiger partial charge in [-0.3, -0.25) is 14.4 Å². The number of likely N-dealkylation sites (N-methyl/N-ethyl adjacent to an activating group) is 1. The summed E-state index contributed by atoms with van der Waals surface area (Å²) < 4.78 is 5.59. The lowest BCUT2D eigenvalue weighted by molar-refractivity contribution is -0.137. The van der Waals surface area contributed by atoms with E-state index < -0.39 is 5.97 Å². The predicted molar refractivity (Wildman–Crippen MR) is 148 cm³/mol. The molecule has 0 aromatic heterocycles. The molecule has 3 aromatic rings. The fourth-order valence-corrected chi connectivity index (χ4v) is 5.00. The van der Waals surface area contributed by atoms with Crippen LogP contribution >= 0.6 is 11.6 Å². The van der Waals surface area contributed by atoms with E-state index >= 15 is 0 Å². The van der Waals surface area contributed by atoms with E-state index in [4.69, 9.17) is 21.4 Å². The molecule has 7 nitrogen and oxygen atoms in total. The van der Waals surface area contributed by atoms with Gasteiger partial charge in [0.2, 0.25) is 5.91 Å². The Kier molecular flexibility index (Phi) is 8.69. The second-order valence-electron chi connectivity index (χ2n) is 9.30. The van der Waals surface area contributed by atoms with E-state index in [2.05, 4.69) is 0 Å². The van der Waals surface area contributed by atoms with Crippen LogP contribution in [0, 0.1) is 0 Å². The zero-order chi connectivity index (χ0) is 27.2. The topological polar surface area (TPSA) is 87.2 Å². The first-order valence-electron chi connectivity index (χ1n) is 12.7. The third kappa shape index (κ3) is 6.00. The van der Waals surface area contributed by atoms with Crippen molar-refractivity contribution >= 4 is 40.8 Å². The van der Waals surface area contributed by atoms with Gasteiger partial charge in [-0.1, -0.05) is 29.8 Å². The van der Waals surface area contributed by atoms with Gasteiger partial charge in [-0.2, -0.15) is 0 Å². The summed E-state index contributed by atoms with van der Waals surface area (Å²) in [6, 6.07) is 21.5. The SMILES string of the molecule is CCN(C(=O)C1CC(C)N(C(=O)c2ccc(OCCCC(=O)O)cc2)c2ccccc21)c1ccc(Cl)cc1. The molecule has 4 rings (SSSR count). The highest BCUT2D eigenvalue weighted by atomic mass is 35.5. The van der Waals surface area contributed by atoms with Crippen molar-refractivity contribution < 1.29 is 24.2 Å². The third-order valence-corrected chi connectivity index (χ3v) is 6.98. The summed E-state index contributed by atoms with van der Waals surface area (Å²) in [6.07, 6.45) is 0.948. The number of amides is 2. The van der Waals surface area contributed by atoms with Crippen molar-refractivity contribution in [1.29, 1.82) is 0 Å². The van der Waals surface area contributed by atoms with Gasteiger partial charge in [0.1, 0.15) is 5.75 Å². The molecule has 0 saturated heterocycles. The largest absolute Gasteiger partial charge is 0.494 e. The van der Waals surface area contributed by atoms with Crippen LogP contribution in [0.1, 0.15) is 54.9 Å². The van der Waals surface area contributed by atoms with Crippen molar-refractivity contribution in [2.75, 3.05) is 23.0 Å². The van der Waals surface area contributed by atoms with Gasteiger partial charge in [-0.15, -0.1) is 0 Å². The Morgan fingerprint density at radius 2 is 1.71 bits per heavy atom. The maximum Gasteiger partial charge on any atom is 0.303 e. The molecule has 0 aliphatic carbocycles. The van der Waals surface area contributed by atoms with Crippen LogP contribution in [0.2, 0.25) is 5.02 Å². The molecule has 198 valence electrons. The van der Waals surface area contributed by atoms with Crippen LogP contribution in [0.4, 0.5) is 11.4 Å². The molecule has 0 fully saturated rings. The number of para-hydroxylation sites is 1. The highest BCUT2D eigenvalue weighted by Crippen LogP contribution is 2.41. The van der Waals surface area contributed by atoms with Crippen molar-refractivity contribution in [3.8, 4) is 5.75 Å². The van der Waals surface area contributed by atoms with Gasteiger partial charge in [-0.25, -0.2) is 0 Å². The zero-order valence-corrected chi connectivity index (χ0v) is 22.2. The van der Waals surface area contributed by atoms with Crippen LogP contribution in [0.5, 0.6) is 5.75 Å². The fraction of sp³-hybridized carbons (Fsp3) is 0.300. The Morgan fingerprint density at radius 1 is 1.03 bits per heavy atom. The van der Waals surface area contributed by atoms with E-state index in [1.807, 2.05) is 50.2 Å². The number of hydrogen-bond donors (Lipinski definition) is 1.